The molecule has 0 atom stereocenters. The smallest absolute Gasteiger partial charge is 0.118 e. The van der Waals surface area contributed by atoms with Crippen LogP contribution in [0.4, 0.5) is 0 Å². The average Bonchev–Trinajstić information content (AvgIpc) is 2.78. The minimum Gasteiger partial charge on any atom is -0.497 e. The van der Waals surface area contributed by atoms with E-state index in [0.717, 1.165) is 21.9 Å². The first-order valence-electron chi connectivity index (χ1n) is 6.00. The zero-order valence-corrected chi connectivity index (χ0v) is 11.2. The predicted molar refractivity (Wildman–Crippen MR) is 78.0 cm³/mol. The minimum absolute atomic E-state index is 0.697. The molecule has 1 aromatic heterocycles. The van der Waals surface area contributed by atoms with E-state index < -0.39 is 0 Å². The fourth-order valence-corrected chi connectivity index (χ4v) is 1.80. The van der Waals surface area contributed by atoms with E-state index in [0.29, 0.717) is 6.54 Å². The Balaban J connectivity index is 2.30. The Bertz CT molecular complexity index is 668. The molecule has 0 unspecified atom stereocenters. The number of aromatic nitrogens is 2. The predicted octanol–water partition coefficient (Wildman–Crippen LogP) is 0.831. The first kappa shape index (κ1) is 13.1. The van der Waals surface area contributed by atoms with Gasteiger partial charge in [-0.15, -0.1) is 0 Å². The second kappa shape index (κ2) is 6.00. The summed E-state index contributed by atoms with van der Waals surface area (Å²) in [5.41, 5.74) is 1.16. The molecule has 0 saturated heterocycles. The third-order valence-corrected chi connectivity index (χ3v) is 2.83. The summed E-state index contributed by atoms with van der Waals surface area (Å²) in [5, 5.41) is 6.21. The van der Waals surface area contributed by atoms with Gasteiger partial charge in [-0.2, -0.15) is 5.10 Å². The van der Waals surface area contributed by atoms with Crippen LogP contribution >= 0.6 is 0 Å². The fourth-order valence-electron chi connectivity index (χ4n) is 1.80. The summed E-state index contributed by atoms with van der Waals surface area (Å²) in [6.45, 7) is 4.66. The van der Waals surface area contributed by atoms with Crippen LogP contribution in [0.15, 0.2) is 35.5 Å². The molecule has 0 N–H and O–H groups in total. The van der Waals surface area contributed by atoms with Crippen LogP contribution in [0.1, 0.15) is 5.56 Å². The Morgan fingerprint density at radius 3 is 2.74 bits per heavy atom. The summed E-state index contributed by atoms with van der Waals surface area (Å²) < 4.78 is 7.05. The first-order valence-corrected chi connectivity index (χ1v) is 6.00. The van der Waals surface area contributed by atoms with Gasteiger partial charge in [0.05, 0.1) is 25.2 Å². The molecule has 0 amide bonds. The van der Waals surface area contributed by atoms with Crippen molar-refractivity contribution in [2.75, 3.05) is 14.2 Å². The molecule has 4 nitrogen and oxygen atoms in total. The molecule has 0 fully saturated rings. The van der Waals surface area contributed by atoms with Gasteiger partial charge in [-0.1, -0.05) is 18.7 Å². The van der Waals surface area contributed by atoms with E-state index in [-0.39, 0.29) is 0 Å². The lowest BCUT2D eigenvalue weighted by Crippen LogP contribution is -2.29. The molecule has 0 aliphatic rings. The summed E-state index contributed by atoms with van der Waals surface area (Å²) in [6, 6.07) is 7.95. The Hall–Kier alpha value is -2.36. The van der Waals surface area contributed by atoms with E-state index in [9.17, 15) is 0 Å². The molecule has 98 valence electrons. The number of nitrogens with zero attached hydrogens (tertiary/aromatic N) is 3. The third-order valence-electron chi connectivity index (χ3n) is 2.83. The molecule has 0 aliphatic carbocycles. The van der Waals surface area contributed by atoms with Gasteiger partial charge in [-0.25, -0.2) is 0 Å². The molecule has 0 radical (unpaired) electrons. The van der Waals surface area contributed by atoms with Gasteiger partial charge in [0, 0.05) is 18.5 Å². The maximum absolute atomic E-state index is 5.14. The second-order valence-corrected chi connectivity index (χ2v) is 4.13. The number of benzene rings is 1. The number of hydrogen-bond donors (Lipinski definition) is 0. The van der Waals surface area contributed by atoms with Crippen molar-refractivity contribution in [3.63, 3.8) is 0 Å². The molecular formula is C15H17N3O. The van der Waals surface area contributed by atoms with Crippen LogP contribution in [-0.2, 0) is 6.54 Å². The third kappa shape index (κ3) is 3.10. The molecule has 2 rings (SSSR count). The van der Waals surface area contributed by atoms with Crippen molar-refractivity contribution in [1.29, 1.82) is 0 Å². The van der Waals surface area contributed by atoms with Crippen LogP contribution in [0.2, 0.25) is 0 Å². The normalized spacial score (nSPS) is 12.2. The highest BCUT2D eigenvalue weighted by atomic mass is 16.5. The molecule has 0 bridgehead atoms. The summed E-state index contributed by atoms with van der Waals surface area (Å²) in [7, 11) is 3.40. The highest BCUT2D eigenvalue weighted by molar-refractivity contribution is 5.90. The van der Waals surface area contributed by atoms with Gasteiger partial charge in [-0.05, 0) is 23.8 Å². The van der Waals surface area contributed by atoms with E-state index >= 15 is 0 Å². The molecule has 4 heteroatoms. The van der Waals surface area contributed by atoms with Crippen LogP contribution in [-0.4, -0.2) is 30.2 Å². The Morgan fingerprint density at radius 1 is 1.37 bits per heavy atom. The van der Waals surface area contributed by atoms with Gasteiger partial charge in [0.25, 0.3) is 0 Å². The Labute approximate surface area is 112 Å². The van der Waals surface area contributed by atoms with Gasteiger partial charge >= 0.3 is 0 Å². The first-order chi connectivity index (χ1) is 9.24. The molecule has 0 aliphatic heterocycles. The Kier molecular flexibility index (Phi) is 4.13. The zero-order valence-electron chi connectivity index (χ0n) is 11.2. The largest absolute Gasteiger partial charge is 0.497 e. The lowest BCUT2D eigenvalue weighted by atomic mass is 10.2. The fraction of sp³-hybridized carbons (Fsp3) is 0.200. The molecule has 19 heavy (non-hydrogen) atoms. The van der Waals surface area contributed by atoms with Crippen molar-refractivity contribution >= 4 is 18.9 Å². The molecule has 0 spiro atoms. The SMILES string of the molecule is C=c1cnn(Cc2ccc(OC)cc2)/c1=C/C=NC. The summed E-state index contributed by atoms with van der Waals surface area (Å²) in [6.07, 6.45) is 5.42. The average molecular weight is 255 g/mol. The van der Waals surface area contributed by atoms with Gasteiger partial charge in [0.15, 0.2) is 0 Å². The van der Waals surface area contributed by atoms with E-state index in [4.69, 9.17) is 4.74 Å². The van der Waals surface area contributed by atoms with Crippen LogP contribution in [0.25, 0.3) is 12.7 Å². The van der Waals surface area contributed by atoms with Gasteiger partial charge in [0.1, 0.15) is 5.75 Å². The zero-order chi connectivity index (χ0) is 13.7. The van der Waals surface area contributed by atoms with Crippen LogP contribution in [0, 0.1) is 0 Å². The van der Waals surface area contributed by atoms with Crippen molar-refractivity contribution in [3.8, 4) is 5.75 Å². The summed E-state index contributed by atoms with van der Waals surface area (Å²) in [4.78, 5) is 3.96. The van der Waals surface area contributed by atoms with Crippen molar-refractivity contribution < 1.29 is 4.74 Å². The second-order valence-electron chi connectivity index (χ2n) is 4.13. The topological polar surface area (TPSA) is 39.4 Å². The number of ether oxygens (including phenoxy) is 1. The van der Waals surface area contributed by atoms with Crippen molar-refractivity contribution in [1.82, 2.24) is 9.78 Å². The van der Waals surface area contributed by atoms with Crippen molar-refractivity contribution in [3.05, 3.63) is 46.6 Å². The minimum atomic E-state index is 0.697. The molecule has 1 heterocycles. The number of methoxy groups -OCH3 is 1. The van der Waals surface area contributed by atoms with Crippen LogP contribution in [0.5, 0.6) is 5.75 Å². The van der Waals surface area contributed by atoms with Gasteiger partial charge in [-0.3, -0.25) is 9.67 Å². The molecule has 1 aromatic carbocycles. The lowest BCUT2D eigenvalue weighted by molar-refractivity contribution is 0.414. The lowest BCUT2D eigenvalue weighted by Gasteiger charge is -2.04. The van der Waals surface area contributed by atoms with Gasteiger partial charge < -0.3 is 4.74 Å². The van der Waals surface area contributed by atoms with Crippen LogP contribution in [0.3, 0.4) is 0 Å². The van der Waals surface area contributed by atoms with E-state index in [2.05, 4.69) is 16.7 Å². The molecule has 0 saturated carbocycles. The molecular weight excluding hydrogens is 238 g/mol. The monoisotopic (exact) mass is 255 g/mol. The number of aliphatic imine (C=N–C) groups is 1. The molecule has 2 aromatic rings. The van der Waals surface area contributed by atoms with Crippen molar-refractivity contribution in [2.24, 2.45) is 4.99 Å². The summed E-state index contributed by atoms with van der Waals surface area (Å²) in [5.74, 6) is 0.854. The number of rotatable bonds is 4. The van der Waals surface area contributed by atoms with Gasteiger partial charge in [0.2, 0.25) is 0 Å². The van der Waals surface area contributed by atoms with Crippen LogP contribution < -0.4 is 15.3 Å². The standard InChI is InChI=1S/C15H17N3O/c1-12-10-17-18(15(12)8-9-16-2)11-13-4-6-14(19-3)7-5-13/h4-10H,1,11H2,2-3H3/b15-8+,16-9?. The van der Waals surface area contributed by atoms with E-state index in [1.54, 1.807) is 26.6 Å². The Morgan fingerprint density at radius 2 is 2.11 bits per heavy atom. The maximum Gasteiger partial charge on any atom is 0.118 e. The highest BCUT2D eigenvalue weighted by Crippen LogP contribution is 2.11. The quantitative estimate of drug-likeness (QED) is 0.759. The van der Waals surface area contributed by atoms with E-state index in [1.165, 1.54) is 0 Å². The summed E-state index contributed by atoms with van der Waals surface area (Å²) >= 11 is 0. The number of hydrogen-bond acceptors (Lipinski definition) is 3. The highest BCUT2D eigenvalue weighted by Gasteiger charge is 1.99. The van der Waals surface area contributed by atoms with E-state index in [1.807, 2.05) is 35.0 Å². The van der Waals surface area contributed by atoms with Crippen molar-refractivity contribution in [2.45, 2.75) is 6.54 Å². The maximum atomic E-state index is 5.14.